The van der Waals surface area contributed by atoms with E-state index < -0.39 is 0 Å². The van der Waals surface area contributed by atoms with Gasteiger partial charge < -0.3 is 10.1 Å². The van der Waals surface area contributed by atoms with Crippen molar-refractivity contribution in [1.82, 2.24) is 5.32 Å². The van der Waals surface area contributed by atoms with Crippen LogP contribution in [0.15, 0.2) is 18.2 Å². The molecule has 1 aromatic rings. The molecule has 2 nitrogen and oxygen atoms in total. The second-order valence-electron chi connectivity index (χ2n) is 6.64. The van der Waals surface area contributed by atoms with Crippen LogP contribution >= 0.6 is 0 Å². The van der Waals surface area contributed by atoms with Gasteiger partial charge in [-0.3, -0.25) is 0 Å². The third-order valence-corrected chi connectivity index (χ3v) is 4.69. The van der Waals surface area contributed by atoms with Crippen molar-refractivity contribution in [3.8, 4) is 5.75 Å². The number of ether oxygens (including phenoxy) is 1. The number of hydrogen-bond donors (Lipinski definition) is 1. The van der Waals surface area contributed by atoms with Gasteiger partial charge in [0, 0.05) is 23.6 Å². The molecule has 1 N–H and O–H groups in total. The maximum atomic E-state index is 5.69. The van der Waals surface area contributed by atoms with Gasteiger partial charge in [-0.05, 0) is 38.7 Å². The molecule has 1 aliphatic rings. The molecule has 1 saturated carbocycles. The Morgan fingerprint density at radius 1 is 1.19 bits per heavy atom. The lowest BCUT2D eigenvalue weighted by Gasteiger charge is -2.36. The van der Waals surface area contributed by atoms with Crippen molar-refractivity contribution in [3.05, 3.63) is 29.3 Å². The molecule has 0 aliphatic heterocycles. The molecule has 0 aromatic heterocycles. The molecule has 2 rings (SSSR count). The maximum Gasteiger partial charge on any atom is 0.122 e. The Balaban J connectivity index is 2.36. The summed E-state index contributed by atoms with van der Waals surface area (Å²) < 4.78 is 5.69. The fraction of sp³-hybridized carbons (Fsp3) is 0.684. The quantitative estimate of drug-likeness (QED) is 0.717. The molecule has 0 amide bonds. The average molecular weight is 289 g/mol. The Morgan fingerprint density at radius 3 is 2.38 bits per heavy atom. The minimum atomic E-state index is 0.212. The standard InChI is InChI=1S/C19H31NO/c1-5-11-19(12-6-2,14-20-16-8-9-16)17-13-15(3)7-10-18(17)21-4/h7,10,13,16,20H,5-6,8-9,11-12,14H2,1-4H3. The summed E-state index contributed by atoms with van der Waals surface area (Å²) in [4.78, 5) is 0. The fourth-order valence-electron chi connectivity index (χ4n) is 3.49. The van der Waals surface area contributed by atoms with Gasteiger partial charge in [0.15, 0.2) is 0 Å². The Bertz CT molecular complexity index is 445. The number of methoxy groups -OCH3 is 1. The summed E-state index contributed by atoms with van der Waals surface area (Å²) in [6, 6.07) is 7.40. The number of nitrogens with one attached hydrogen (secondary N) is 1. The number of hydrogen-bond acceptors (Lipinski definition) is 2. The lowest BCUT2D eigenvalue weighted by Crippen LogP contribution is -2.39. The average Bonchev–Trinajstić information content (AvgIpc) is 3.29. The zero-order valence-electron chi connectivity index (χ0n) is 14.2. The van der Waals surface area contributed by atoms with Crippen molar-refractivity contribution in [3.63, 3.8) is 0 Å². The fourth-order valence-corrected chi connectivity index (χ4v) is 3.49. The lowest BCUT2D eigenvalue weighted by atomic mass is 9.72. The molecule has 0 atom stereocenters. The van der Waals surface area contributed by atoms with Crippen LogP contribution in [-0.2, 0) is 5.41 Å². The molecule has 1 aliphatic carbocycles. The largest absolute Gasteiger partial charge is 0.496 e. The van der Waals surface area contributed by atoms with E-state index >= 15 is 0 Å². The van der Waals surface area contributed by atoms with Crippen LogP contribution in [0.2, 0.25) is 0 Å². The van der Waals surface area contributed by atoms with Gasteiger partial charge in [-0.25, -0.2) is 0 Å². The van der Waals surface area contributed by atoms with E-state index in [1.807, 2.05) is 0 Å². The van der Waals surface area contributed by atoms with Crippen LogP contribution in [0.5, 0.6) is 5.75 Å². The molecule has 0 spiro atoms. The van der Waals surface area contributed by atoms with Gasteiger partial charge in [-0.15, -0.1) is 0 Å². The zero-order chi connectivity index (χ0) is 15.3. The van der Waals surface area contributed by atoms with E-state index in [2.05, 4.69) is 44.3 Å². The summed E-state index contributed by atoms with van der Waals surface area (Å²) in [6.07, 6.45) is 7.56. The van der Waals surface area contributed by atoms with Crippen molar-refractivity contribution in [2.75, 3.05) is 13.7 Å². The third-order valence-electron chi connectivity index (χ3n) is 4.69. The van der Waals surface area contributed by atoms with Crippen LogP contribution in [-0.4, -0.2) is 19.7 Å². The van der Waals surface area contributed by atoms with Crippen molar-refractivity contribution < 1.29 is 4.74 Å². The molecule has 0 radical (unpaired) electrons. The zero-order valence-corrected chi connectivity index (χ0v) is 14.2. The Morgan fingerprint density at radius 2 is 1.86 bits per heavy atom. The molecule has 21 heavy (non-hydrogen) atoms. The number of aryl methyl sites for hydroxylation is 1. The highest BCUT2D eigenvalue weighted by molar-refractivity contribution is 5.43. The van der Waals surface area contributed by atoms with E-state index in [1.54, 1.807) is 7.11 Å². The smallest absolute Gasteiger partial charge is 0.122 e. The van der Waals surface area contributed by atoms with Crippen LogP contribution in [0.4, 0.5) is 0 Å². The van der Waals surface area contributed by atoms with E-state index in [0.29, 0.717) is 0 Å². The third kappa shape index (κ3) is 4.00. The summed E-state index contributed by atoms with van der Waals surface area (Å²) in [7, 11) is 1.80. The highest BCUT2D eigenvalue weighted by Crippen LogP contribution is 2.40. The van der Waals surface area contributed by atoms with Crippen LogP contribution in [0, 0.1) is 6.92 Å². The molecule has 0 bridgehead atoms. The summed E-state index contributed by atoms with van der Waals surface area (Å²) in [6.45, 7) is 7.85. The van der Waals surface area contributed by atoms with E-state index in [4.69, 9.17) is 4.74 Å². The van der Waals surface area contributed by atoms with Gasteiger partial charge in [0.2, 0.25) is 0 Å². The second-order valence-corrected chi connectivity index (χ2v) is 6.64. The minimum Gasteiger partial charge on any atom is -0.496 e. The first-order chi connectivity index (χ1) is 10.1. The first kappa shape index (κ1) is 16.4. The highest BCUT2D eigenvalue weighted by Gasteiger charge is 2.35. The van der Waals surface area contributed by atoms with Gasteiger partial charge in [0.05, 0.1) is 7.11 Å². The van der Waals surface area contributed by atoms with Crippen molar-refractivity contribution in [1.29, 1.82) is 0 Å². The van der Waals surface area contributed by atoms with E-state index in [1.165, 1.54) is 49.7 Å². The first-order valence-electron chi connectivity index (χ1n) is 8.53. The molecule has 118 valence electrons. The topological polar surface area (TPSA) is 21.3 Å². The van der Waals surface area contributed by atoms with Crippen molar-refractivity contribution in [2.45, 2.75) is 70.8 Å². The summed E-state index contributed by atoms with van der Waals surface area (Å²) in [5.74, 6) is 1.06. The Kier molecular flexibility index (Phi) is 5.69. The van der Waals surface area contributed by atoms with Gasteiger partial charge in [0.25, 0.3) is 0 Å². The monoisotopic (exact) mass is 289 g/mol. The normalized spacial score (nSPS) is 15.2. The first-order valence-corrected chi connectivity index (χ1v) is 8.53. The minimum absolute atomic E-state index is 0.212. The van der Waals surface area contributed by atoms with E-state index in [-0.39, 0.29) is 5.41 Å². The van der Waals surface area contributed by atoms with Gasteiger partial charge in [0.1, 0.15) is 5.75 Å². The molecule has 0 heterocycles. The van der Waals surface area contributed by atoms with Gasteiger partial charge in [-0.1, -0.05) is 44.4 Å². The summed E-state index contributed by atoms with van der Waals surface area (Å²) in [5, 5.41) is 3.78. The predicted octanol–water partition coefficient (Wildman–Crippen LogP) is 4.59. The van der Waals surface area contributed by atoms with Crippen LogP contribution in [0.25, 0.3) is 0 Å². The van der Waals surface area contributed by atoms with Gasteiger partial charge in [-0.2, -0.15) is 0 Å². The molecule has 2 heteroatoms. The molecular formula is C19H31NO. The van der Waals surface area contributed by atoms with Crippen molar-refractivity contribution in [2.24, 2.45) is 0 Å². The summed E-state index contributed by atoms with van der Waals surface area (Å²) >= 11 is 0. The number of rotatable bonds is 9. The van der Waals surface area contributed by atoms with Crippen LogP contribution in [0.1, 0.15) is 63.5 Å². The molecule has 1 fully saturated rings. The lowest BCUT2D eigenvalue weighted by molar-refractivity contribution is 0.314. The maximum absolute atomic E-state index is 5.69. The molecule has 0 saturated heterocycles. The second kappa shape index (κ2) is 7.31. The van der Waals surface area contributed by atoms with Crippen LogP contribution in [0.3, 0.4) is 0 Å². The highest BCUT2D eigenvalue weighted by atomic mass is 16.5. The van der Waals surface area contributed by atoms with Crippen molar-refractivity contribution >= 4 is 0 Å². The Hall–Kier alpha value is -1.02. The Labute approximate surface area is 130 Å². The predicted molar refractivity (Wildman–Crippen MR) is 90.2 cm³/mol. The molecular weight excluding hydrogens is 258 g/mol. The molecule has 0 unspecified atom stereocenters. The summed E-state index contributed by atoms with van der Waals surface area (Å²) in [5.41, 5.74) is 2.94. The van der Waals surface area contributed by atoms with Crippen LogP contribution < -0.4 is 10.1 Å². The van der Waals surface area contributed by atoms with E-state index in [9.17, 15) is 0 Å². The number of benzene rings is 1. The molecule has 1 aromatic carbocycles. The van der Waals surface area contributed by atoms with Gasteiger partial charge >= 0.3 is 0 Å². The SMILES string of the molecule is CCCC(CCC)(CNC1CC1)c1cc(C)ccc1OC. The van der Waals surface area contributed by atoms with E-state index in [0.717, 1.165) is 18.3 Å².